The maximum absolute atomic E-state index is 13.1. The van der Waals surface area contributed by atoms with Crippen LogP contribution in [0.5, 0.6) is 0 Å². The number of rotatable bonds is 5. The predicted octanol–water partition coefficient (Wildman–Crippen LogP) is 4.57. The van der Waals surface area contributed by atoms with Crippen LogP contribution in [0, 0.1) is 6.92 Å². The summed E-state index contributed by atoms with van der Waals surface area (Å²) in [6.45, 7) is 2.00. The zero-order valence-electron chi connectivity index (χ0n) is 15.6. The quantitative estimate of drug-likeness (QED) is 0.462. The van der Waals surface area contributed by atoms with Gasteiger partial charge in [-0.15, -0.1) is 11.8 Å². The fraction of sp³-hybridized carbons (Fsp3) is 0.190. The highest BCUT2D eigenvalue weighted by Crippen LogP contribution is 2.30. The van der Waals surface area contributed by atoms with Crippen LogP contribution in [0.3, 0.4) is 0 Å². The molecule has 0 saturated carbocycles. The van der Waals surface area contributed by atoms with Crippen molar-refractivity contribution in [1.82, 2.24) is 9.55 Å². The number of fused-ring (bicyclic) bond motifs is 1. The third-order valence-corrected chi connectivity index (χ3v) is 6.72. The lowest BCUT2D eigenvalue weighted by Gasteiger charge is -2.14. The summed E-state index contributed by atoms with van der Waals surface area (Å²) in [7, 11) is 0. The molecule has 0 bridgehead atoms. The normalized spacial score (nSPS) is 12.6. The number of benzene rings is 2. The van der Waals surface area contributed by atoms with E-state index in [-0.39, 0.29) is 17.2 Å². The van der Waals surface area contributed by atoms with E-state index < -0.39 is 0 Å². The Morgan fingerprint density at radius 2 is 1.93 bits per heavy atom. The Morgan fingerprint density at radius 1 is 1.21 bits per heavy atom. The molecule has 0 aliphatic carbocycles. The van der Waals surface area contributed by atoms with Gasteiger partial charge in [0, 0.05) is 22.9 Å². The molecule has 1 aliphatic heterocycles. The van der Waals surface area contributed by atoms with Gasteiger partial charge in [-0.3, -0.25) is 14.2 Å². The molecule has 1 N–H and O–H groups in total. The molecule has 0 fully saturated rings. The van der Waals surface area contributed by atoms with Crippen molar-refractivity contribution in [1.29, 1.82) is 0 Å². The number of hydrogen-bond donors (Lipinski definition) is 1. The van der Waals surface area contributed by atoms with Crippen molar-refractivity contribution in [2.24, 2.45) is 0 Å². The number of carbonyl (C=O) groups is 1. The minimum atomic E-state index is -0.148. The first-order chi connectivity index (χ1) is 14.0. The smallest absolute Gasteiger partial charge is 0.272 e. The summed E-state index contributed by atoms with van der Waals surface area (Å²) in [5.41, 5.74) is 3.27. The molecule has 2 heterocycles. The molecule has 8 heteroatoms. The van der Waals surface area contributed by atoms with Crippen LogP contribution in [0.25, 0.3) is 5.69 Å². The molecule has 0 saturated heterocycles. The first kappa shape index (κ1) is 20.1. The minimum Gasteiger partial charge on any atom is -0.325 e. The number of nitrogens with one attached hydrogen (secondary N) is 1. The van der Waals surface area contributed by atoms with Crippen LogP contribution in [0.1, 0.15) is 11.3 Å². The van der Waals surface area contributed by atoms with E-state index in [1.165, 1.54) is 23.5 Å². The standard InChI is InChI=1S/C21H18ClN3O2S2/c1-13-2-6-15(7-3-13)23-18(26)12-29-21-24-17-10-11-28-19(17)20(27)25(21)16-8-4-14(22)5-9-16/h2-9H,10-12H2,1H3,(H,23,26). The van der Waals surface area contributed by atoms with Gasteiger partial charge in [0.2, 0.25) is 5.91 Å². The maximum atomic E-state index is 13.1. The van der Waals surface area contributed by atoms with Crippen LogP contribution in [0.15, 0.2) is 63.4 Å². The van der Waals surface area contributed by atoms with Gasteiger partial charge in [0.15, 0.2) is 5.16 Å². The topological polar surface area (TPSA) is 64.0 Å². The second kappa shape index (κ2) is 8.65. The number of thioether (sulfide) groups is 2. The Hall–Kier alpha value is -2.22. The second-order valence-electron chi connectivity index (χ2n) is 6.59. The number of hydrogen-bond acceptors (Lipinski definition) is 5. The van der Waals surface area contributed by atoms with E-state index in [9.17, 15) is 9.59 Å². The summed E-state index contributed by atoms with van der Waals surface area (Å²) >= 11 is 8.78. The Morgan fingerprint density at radius 3 is 2.66 bits per heavy atom. The summed E-state index contributed by atoms with van der Waals surface area (Å²) in [5.74, 6) is 0.852. The lowest BCUT2D eigenvalue weighted by atomic mass is 10.2. The molecule has 5 nitrogen and oxygen atoms in total. The lowest BCUT2D eigenvalue weighted by Crippen LogP contribution is -2.24. The predicted molar refractivity (Wildman–Crippen MR) is 120 cm³/mol. The van der Waals surface area contributed by atoms with Gasteiger partial charge in [-0.25, -0.2) is 4.98 Å². The second-order valence-corrected chi connectivity index (χ2v) is 9.07. The zero-order valence-corrected chi connectivity index (χ0v) is 18.0. The van der Waals surface area contributed by atoms with Gasteiger partial charge >= 0.3 is 0 Å². The van der Waals surface area contributed by atoms with Crippen LogP contribution in [0.4, 0.5) is 5.69 Å². The fourth-order valence-corrected chi connectivity index (χ4v) is 4.95. The molecule has 4 rings (SSSR count). The van der Waals surface area contributed by atoms with Gasteiger partial charge in [0.05, 0.1) is 22.0 Å². The minimum absolute atomic E-state index is 0.0961. The van der Waals surface area contributed by atoms with Crippen molar-refractivity contribution in [3.63, 3.8) is 0 Å². The Kier molecular flexibility index (Phi) is 5.99. The van der Waals surface area contributed by atoms with Gasteiger partial charge in [0.25, 0.3) is 5.56 Å². The Bertz CT molecular complexity index is 1110. The van der Waals surface area contributed by atoms with E-state index in [0.29, 0.717) is 20.8 Å². The van der Waals surface area contributed by atoms with E-state index in [1.54, 1.807) is 28.8 Å². The molecule has 1 aromatic heterocycles. The third-order valence-electron chi connectivity index (χ3n) is 4.42. The van der Waals surface area contributed by atoms with Crippen LogP contribution in [-0.2, 0) is 11.2 Å². The largest absolute Gasteiger partial charge is 0.325 e. The first-order valence-electron chi connectivity index (χ1n) is 9.05. The molecule has 148 valence electrons. The number of nitrogens with zero attached hydrogens (tertiary/aromatic N) is 2. The van der Waals surface area contributed by atoms with Crippen LogP contribution in [0.2, 0.25) is 5.02 Å². The molecule has 29 heavy (non-hydrogen) atoms. The molecular formula is C21H18ClN3O2S2. The number of halogens is 1. The number of aryl methyl sites for hydroxylation is 2. The van der Waals surface area contributed by atoms with E-state index in [1.807, 2.05) is 31.2 Å². The molecule has 3 aromatic rings. The fourth-order valence-electron chi connectivity index (χ4n) is 2.97. The monoisotopic (exact) mass is 443 g/mol. The summed E-state index contributed by atoms with van der Waals surface area (Å²) in [5, 5.41) is 3.98. The highest BCUT2D eigenvalue weighted by atomic mass is 35.5. The zero-order chi connectivity index (χ0) is 20.4. The SMILES string of the molecule is Cc1ccc(NC(=O)CSc2nc3c(c(=O)n2-c2ccc(Cl)cc2)SCC3)cc1. The van der Waals surface area contributed by atoms with Crippen molar-refractivity contribution in [3.05, 3.63) is 75.2 Å². The average Bonchev–Trinajstić information content (AvgIpc) is 3.18. The maximum Gasteiger partial charge on any atom is 0.272 e. The van der Waals surface area contributed by atoms with E-state index in [2.05, 4.69) is 5.32 Å². The summed E-state index contributed by atoms with van der Waals surface area (Å²) in [6, 6.07) is 14.7. The van der Waals surface area contributed by atoms with Gasteiger partial charge < -0.3 is 5.32 Å². The molecule has 0 atom stereocenters. The highest BCUT2D eigenvalue weighted by Gasteiger charge is 2.23. The first-order valence-corrected chi connectivity index (χ1v) is 11.4. The summed E-state index contributed by atoms with van der Waals surface area (Å²) in [6.07, 6.45) is 0.764. The van der Waals surface area contributed by atoms with E-state index in [4.69, 9.17) is 16.6 Å². The van der Waals surface area contributed by atoms with Crippen LogP contribution in [-0.4, -0.2) is 27.0 Å². The third kappa shape index (κ3) is 4.52. The Balaban J connectivity index is 1.60. The molecule has 1 amide bonds. The average molecular weight is 444 g/mol. The van der Waals surface area contributed by atoms with Gasteiger partial charge in [-0.1, -0.05) is 41.1 Å². The molecule has 0 spiro atoms. The molecule has 0 radical (unpaired) electrons. The van der Waals surface area contributed by atoms with Gasteiger partial charge in [0.1, 0.15) is 0 Å². The van der Waals surface area contributed by atoms with Crippen LogP contribution < -0.4 is 10.9 Å². The highest BCUT2D eigenvalue weighted by molar-refractivity contribution is 8.00. The van der Waals surface area contributed by atoms with Crippen molar-refractivity contribution < 1.29 is 4.79 Å². The summed E-state index contributed by atoms with van der Waals surface area (Å²) in [4.78, 5) is 30.9. The number of aromatic nitrogens is 2. The van der Waals surface area contributed by atoms with E-state index in [0.717, 1.165) is 29.1 Å². The Labute approximate surface area is 181 Å². The lowest BCUT2D eigenvalue weighted by molar-refractivity contribution is -0.113. The van der Waals surface area contributed by atoms with Crippen molar-refractivity contribution in [2.75, 3.05) is 16.8 Å². The van der Waals surface area contributed by atoms with E-state index >= 15 is 0 Å². The number of anilines is 1. The van der Waals surface area contributed by atoms with Gasteiger partial charge in [-0.05, 0) is 43.3 Å². The molecule has 1 aliphatic rings. The number of amides is 1. The summed E-state index contributed by atoms with van der Waals surface area (Å²) < 4.78 is 1.57. The van der Waals surface area contributed by atoms with Crippen LogP contribution >= 0.6 is 35.1 Å². The molecular weight excluding hydrogens is 426 g/mol. The number of carbonyl (C=O) groups excluding carboxylic acids is 1. The van der Waals surface area contributed by atoms with Crippen molar-refractivity contribution >= 4 is 46.7 Å². The van der Waals surface area contributed by atoms with Gasteiger partial charge in [-0.2, -0.15) is 0 Å². The molecule has 0 unspecified atom stereocenters. The van der Waals surface area contributed by atoms with Crippen molar-refractivity contribution in [3.8, 4) is 5.69 Å². The van der Waals surface area contributed by atoms with Crippen molar-refractivity contribution in [2.45, 2.75) is 23.4 Å². The molecule has 2 aromatic carbocycles.